The zero-order valence-electron chi connectivity index (χ0n) is 17.7. The fourth-order valence-electron chi connectivity index (χ4n) is 3.48. The van der Waals surface area contributed by atoms with Crippen molar-refractivity contribution in [2.45, 2.75) is 40.2 Å². The van der Waals surface area contributed by atoms with Crippen molar-refractivity contribution in [2.75, 3.05) is 52.9 Å². The lowest BCUT2D eigenvalue weighted by atomic mass is 10.1. The van der Waals surface area contributed by atoms with Crippen LogP contribution in [0.3, 0.4) is 0 Å². The Morgan fingerprint density at radius 2 is 1.70 bits per heavy atom. The van der Waals surface area contributed by atoms with E-state index in [-0.39, 0.29) is 24.0 Å². The van der Waals surface area contributed by atoms with Crippen molar-refractivity contribution in [3.8, 4) is 0 Å². The summed E-state index contributed by atoms with van der Waals surface area (Å²) in [6.45, 7) is 15.9. The second-order valence-corrected chi connectivity index (χ2v) is 7.58. The van der Waals surface area contributed by atoms with Crippen LogP contribution in [0.1, 0.15) is 30.5 Å². The Balaban J connectivity index is 0.00000364. The first kappa shape index (κ1) is 24.2. The molecular weight excluding hydrogens is 449 g/mol. The first-order chi connectivity index (χ1) is 12.5. The molecule has 0 spiro atoms. The molecule has 6 heteroatoms. The van der Waals surface area contributed by atoms with Crippen LogP contribution in [-0.2, 0) is 6.42 Å². The van der Waals surface area contributed by atoms with E-state index >= 15 is 0 Å². The number of rotatable bonds is 7. The van der Waals surface area contributed by atoms with Crippen LogP contribution in [-0.4, -0.2) is 74.7 Å². The lowest BCUT2D eigenvalue weighted by molar-refractivity contribution is 0.122. The summed E-state index contributed by atoms with van der Waals surface area (Å²) < 4.78 is 0. The molecule has 1 heterocycles. The highest BCUT2D eigenvalue weighted by Crippen LogP contribution is 2.09. The molecule has 0 radical (unpaired) electrons. The maximum atomic E-state index is 4.81. The molecule has 2 N–H and O–H groups in total. The number of piperazine rings is 1. The van der Waals surface area contributed by atoms with Gasteiger partial charge in [-0.25, -0.2) is 0 Å². The number of guanidine groups is 1. The van der Waals surface area contributed by atoms with E-state index in [1.54, 1.807) is 0 Å². The predicted molar refractivity (Wildman–Crippen MR) is 128 cm³/mol. The second-order valence-electron chi connectivity index (χ2n) is 7.58. The standard InChI is InChI=1S/C21H37N5.HI/c1-6-22-21(23-8-7-20-14-17(2)13-18(3)15-20)24-16-19(4)26-11-9-25(5)10-12-26;/h13-15,19H,6-12,16H2,1-5H3,(H2,22,23,24);1H. The van der Waals surface area contributed by atoms with Gasteiger partial charge in [0.15, 0.2) is 5.96 Å². The molecule has 1 aliphatic rings. The van der Waals surface area contributed by atoms with Crippen LogP contribution in [0.25, 0.3) is 0 Å². The summed E-state index contributed by atoms with van der Waals surface area (Å²) in [4.78, 5) is 9.75. The molecule has 154 valence electrons. The number of hydrogen-bond acceptors (Lipinski definition) is 3. The van der Waals surface area contributed by atoms with Crippen molar-refractivity contribution in [3.05, 3.63) is 34.9 Å². The normalized spacial score (nSPS) is 17.3. The van der Waals surface area contributed by atoms with Gasteiger partial charge in [0.25, 0.3) is 0 Å². The van der Waals surface area contributed by atoms with Crippen LogP contribution in [0.2, 0.25) is 0 Å². The number of aliphatic imine (C=N–C) groups is 1. The number of halogens is 1. The SMILES string of the molecule is CCNC(=NCC(C)N1CCN(C)CC1)NCCc1cc(C)cc(C)c1.I. The molecule has 2 rings (SSSR count). The van der Waals surface area contributed by atoms with E-state index in [4.69, 9.17) is 4.99 Å². The Morgan fingerprint density at radius 3 is 2.30 bits per heavy atom. The Hall–Kier alpha value is -0.860. The summed E-state index contributed by atoms with van der Waals surface area (Å²) in [7, 11) is 2.20. The number of nitrogens with one attached hydrogen (secondary N) is 2. The van der Waals surface area contributed by atoms with Gasteiger partial charge in [-0.15, -0.1) is 24.0 Å². The molecule has 0 aromatic heterocycles. The van der Waals surface area contributed by atoms with E-state index < -0.39 is 0 Å². The Kier molecular flexibility index (Phi) is 11.3. The minimum Gasteiger partial charge on any atom is -0.357 e. The van der Waals surface area contributed by atoms with Crippen LogP contribution < -0.4 is 10.6 Å². The fourth-order valence-corrected chi connectivity index (χ4v) is 3.48. The number of benzene rings is 1. The highest BCUT2D eigenvalue weighted by molar-refractivity contribution is 14.0. The Labute approximate surface area is 183 Å². The lowest BCUT2D eigenvalue weighted by Gasteiger charge is -2.35. The van der Waals surface area contributed by atoms with Gasteiger partial charge in [-0.05, 0) is 46.7 Å². The van der Waals surface area contributed by atoms with Crippen LogP contribution in [0, 0.1) is 13.8 Å². The van der Waals surface area contributed by atoms with Crippen molar-refractivity contribution in [1.82, 2.24) is 20.4 Å². The first-order valence-electron chi connectivity index (χ1n) is 10.00. The van der Waals surface area contributed by atoms with E-state index in [9.17, 15) is 0 Å². The van der Waals surface area contributed by atoms with Gasteiger partial charge in [0.1, 0.15) is 0 Å². The summed E-state index contributed by atoms with van der Waals surface area (Å²) in [6, 6.07) is 7.25. The highest BCUT2D eigenvalue weighted by atomic mass is 127. The van der Waals surface area contributed by atoms with Gasteiger partial charge < -0.3 is 15.5 Å². The lowest BCUT2D eigenvalue weighted by Crippen LogP contribution is -2.49. The average molecular weight is 487 g/mol. The maximum absolute atomic E-state index is 4.81. The Bertz CT molecular complexity index is 562. The van der Waals surface area contributed by atoms with Crippen molar-refractivity contribution in [1.29, 1.82) is 0 Å². The summed E-state index contributed by atoms with van der Waals surface area (Å²) in [6.07, 6.45) is 1.01. The number of nitrogens with zero attached hydrogens (tertiary/aromatic N) is 3. The van der Waals surface area contributed by atoms with Crippen LogP contribution in [0.15, 0.2) is 23.2 Å². The number of likely N-dealkylation sites (N-methyl/N-ethyl adjacent to an activating group) is 1. The van der Waals surface area contributed by atoms with Gasteiger partial charge in [0, 0.05) is 45.3 Å². The summed E-state index contributed by atoms with van der Waals surface area (Å²) in [5.41, 5.74) is 4.06. The summed E-state index contributed by atoms with van der Waals surface area (Å²) >= 11 is 0. The average Bonchev–Trinajstić information content (AvgIpc) is 2.59. The molecule has 0 saturated carbocycles. The molecule has 1 saturated heterocycles. The molecule has 0 amide bonds. The van der Waals surface area contributed by atoms with E-state index in [0.717, 1.165) is 58.2 Å². The first-order valence-corrected chi connectivity index (χ1v) is 10.00. The van der Waals surface area contributed by atoms with E-state index in [2.05, 4.69) is 73.4 Å². The molecule has 1 aromatic rings. The van der Waals surface area contributed by atoms with Gasteiger partial charge in [-0.1, -0.05) is 29.3 Å². The van der Waals surface area contributed by atoms with Crippen LogP contribution in [0.5, 0.6) is 0 Å². The molecule has 27 heavy (non-hydrogen) atoms. The number of aryl methyl sites for hydroxylation is 2. The second kappa shape index (κ2) is 12.6. The quantitative estimate of drug-likeness (QED) is 0.353. The van der Waals surface area contributed by atoms with Gasteiger partial charge >= 0.3 is 0 Å². The van der Waals surface area contributed by atoms with Gasteiger partial charge in [0.2, 0.25) is 0 Å². The highest BCUT2D eigenvalue weighted by Gasteiger charge is 2.18. The third-order valence-electron chi connectivity index (χ3n) is 5.01. The summed E-state index contributed by atoms with van der Waals surface area (Å²) in [5, 5.41) is 6.85. The largest absolute Gasteiger partial charge is 0.357 e. The van der Waals surface area contributed by atoms with Crippen molar-refractivity contribution in [2.24, 2.45) is 4.99 Å². The van der Waals surface area contributed by atoms with Gasteiger partial charge in [0.05, 0.1) is 6.54 Å². The molecule has 5 nitrogen and oxygen atoms in total. The molecule has 1 unspecified atom stereocenters. The smallest absolute Gasteiger partial charge is 0.191 e. The van der Waals surface area contributed by atoms with Gasteiger partial charge in [-0.2, -0.15) is 0 Å². The molecule has 0 bridgehead atoms. The topological polar surface area (TPSA) is 42.9 Å². The minimum absolute atomic E-state index is 0. The monoisotopic (exact) mass is 487 g/mol. The summed E-state index contributed by atoms with van der Waals surface area (Å²) in [5.74, 6) is 0.929. The zero-order valence-corrected chi connectivity index (χ0v) is 20.0. The van der Waals surface area contributed by atoms with Crippen LogP contribution in [0.4, 0.5) is 0 Å². The number of hydrogen-bond donors (Lipinski definition) is 2. The van der Waals surface area contributed by atoms with Crippen molar-refractivity contribution >= 4 is 29.9 Å². The third kappa shape index (κ3) is 8.79. The zero-order chi connectivity index (χ0) is 18.9. The molecule has 1 fully saturated rings. The molecule has 1 aromatic carbocycles. The van der Waals surface area contributed by atoms with Gasteiger partial charge in [-0.3, -0.25) is 9.89 Å². The molecule has 1 aliphatic heterocycles. The predicted octanol–water partition coefficient (Wildman–Crippen LogP) is 2.65. The maximum Gasteiger partial charge on any atom is 0.191 e. The van der Waals surface area contributed by atoms with E-state index in [1.165, 1.54) is 16.7 Å². The van der Waals surface area contributed by atoms with Crippen molar-refractivity contribution in [3.63, 3.8) is 0 Å². The van der Waals surface area contributed by atoms with E-state index in [0.29, 0.717) is 6.04 Å². The fraction of sp³-hybridized carbons (Fsp3) is 0.667. The minimum atomic E-state index is 0. The Morgan fingerprint density at radius 1 is 1.07 bits per heavy atom. The van der Waals surface area contributed by atoms with Crippen LogP contribution >= 0.6 is 24.0 Å². The third-order valence-corrected chi connectivity index (χ3v) is 5.01. The molecule has 1 atom stereocenters. The molecule has 0 aliphatic carbocycles. The van der Waals surface area contributed by atoms with E-state index in [1.807, 2.05) is 0 Å². The molecular formula is C21H38IN5. The van der Waals surface area contributed by atoms with Crippen molar-refractivity contribution < 1.29 is 0 Å².